The lowest BCUT2D eigenvalue weighted by molar-refractivity contribution is 0.0221. The van der Waals surface area contributed by atoms with Crippen LogP contribution in [0.3, 0.4) is 0 Å². The van der Waals surface area contributed by atoms with Gasteiger partial charge in [-0.25, -0.2) is 4.79 Å². The third kappa shape index (κ3) is 7.06. The Bertz CT molecular complexity index is 435. The highest BCUT2D eigenvalue weighted by Gasteiger charge is 2.37. The van der Waals surface area contributed by atoms with Crippen molar-refractivity contribution in [2.45, 2.75) is 77.4 Å². The van der Waals surface area contributed by atoms with E-state index in [2.05, 4.69) is 39.2 Å². The molecule has 0 bridgehead atoms. The number of ether oxygens (including phenoxy) is 2. The fraction of sp³-hybridized carbons (Fsp3) is 0.824. The van der Waals surface area contributed by atoms with Gasteiger partial charge in [0, 0.05) is 0 Å². The molecule has 1 amide bonds. The molecular formula is C17H33NO4Si. The number of alkyl carbamates (subject to hydrolysis) is 1. The molecule has 2 atom stereocenters. The van der Waals surface area contributed by atoms with E-state index in [4.69, 9.17) is 13.9 Å². The normalized spacial score (nSPS) is 22.8. The molecule has 0 saturated carbocycles. The minimum absolute atomic E-state index is 0.0548. The van der Waals surface area contributed by atoms with Crippen molar-refractivity contribution in [1.29, 1.82) is 0 Å². The van der Waals surface area contributed by atoms with Gasteiger partial charge in [-0.05, 0) is 38.9 Å². The van der Waals surface area contributed by atoms with Gasteiger partial charge in [-0.15, -0.1) is 0 Å². The van der Waals surface area contributed by atoms with E-state index in [1.807, 2.05) is 32.9 Å². The fourth-order valence-corrected chi connectivity index (χ4v) is 2.77. The van der Waals surface area contributed by atoms with E-state index < -0.39 is 20.0 Å². The second-order valence-electron chi connectivity index (χ2n) is 8.58. The smallest absolute Gasteiger partial charge is 0.408 e. The molecule has 1 N–H and O–H groups in total. The Morgan fingerprint density at radius 3 is 2.26 bits per heavy atom. The van der Waals surface area contributed by atoms with Gasteiger partial charge in [-0.1, -0.05) is 32.9 Å². The van der Waals surface area contributed by atoms with Crippen molar-refractivity contribution in [3.8, 4) is 0 Å². The molecular weight excluding hydrogens is 310 g/mol. The number of hydrogen-bond acceptors (Lipinski definition) is 4. The summed E-state index contributed by atoms with van der Waals surface area (Å²) in [6.07, 6.45) is 3.43. The maximum absolute atomic E-state index is 11.7. The molecule has 0 saturated heterocycles. The Balaban J connectivity index is 2.43. The van der Waals surface area contributed by atoms with Crippen molar-refractivity contribution in [1.82, 2.24) is 5.32 Å². The van der Waals surface area contributed by atoms with Crippen LogP contribution in [-0.2, 0) is 13.9 Å². The Morgan fingerprint density at radius 1 is 1.22 bits per heavy atom. The van der Waals surface area contributed by atoms with Crippen molar-refractivity contribution >= 4 is 14.4 Å². The molecule has 1 heterocycles. The van der Waals surface area contributed by atoms with E-state index in [0.29, 0.717) is 13.2 Å². The highest BCUT2D eigenvalue weighted by atomic mass is 28.4. The van der Waals surface area contributed by atoms with Crippen LogP contribution in [0, 0.1) is 0 Å². The third-order valence-electron chi connectivity index (χ3n) is 4.16. The molecule has 0 aromatic carbocycles. The molecule has 23 heavy (non-hydrogen) atoms. The Hall–Kier alpha value is -0.853. The number of amides is 1. The van der Waals surface area contributed by atoms with Gasteiger partial charge in [-0.2, -0.15) is 0 Å². The molecule has 0 aliphatic carbocycles. The van der Waals surface area contributed by atoms with E-state index in [0.717, 1.165) is 0 Å². The molecule has 1 aliphatic rings. The number of hydrogen-bond donors (Lipinski definition) is 1. The first-order valence-electron chi connectivity index (χ1n) is 8.23. The number of nitrogens with one attached hydrogen (secondary N) is 1. The molecule has 0 spiro atoms. The molecule has 6 heteroatoms. The van der Waals surface area contributed by atoms with E-state index in [-0.39, 0.29) is 17.2 Å². The van der Waals surface area contributed by atoms with Gasteiger partial charge in [-0.3, -0.25) is 0 Å². The van der Waals surface area contributed by atoms with Gasteiger partial charge >= 0.3 is 6.09 Å². The van der Waals surface area contributed by atoms with Gasteiger partial charge in [0.25, 0.3) is 0 Å². The zero-order valence-corrected chi connectivity index (χ0v) is 16.9. The Labute approximate surface area is 141 Å². The first kappa shape index (κ1) is 20.2. The fourth-order valence-electron chi connectivity index (χ4n) is 1.76. The van der Waals surface area contributed by atoms with Crippen molar-refractivity contribution in [3.05, 3.63) is 12.2 Å². The molecule has 5 nitrogen and oxygen atoms in total. The largest absolute Gasteiger partial charge is 0.444 e. The van der Waals surface area contributed by atoms with E-state index >= 15 is 0 Å². The van der Waals surface area contributed by atoms with Crippen LogP contribution in [0.2, 0.25) is 18.1 Å². The monoisotopic (exact) mass is 343 g/mol. The topological polar surface area (TPSA) is 56.8 Å². The summed E-state index contributed by atoms with van der Waals surface area (Å²) >= 11 is 0. The van der Waals surface area contributed by atoms with Gasteiger partial charge in [0.1, 0.15) is 5.60 Å². The lowest BCUT2D eigenvalue weighted by Gasteiger charge is -2.37. The second-order valence-corrected chi connectivity index (χ2v) is 13.4. The summed E-state index contributed by atoms with van der Waals surface area (Å²) in [7, 11) is -1.76. The maximum Gasteiger partial charge on any atom is 0.408 e. The first-order chi connectivity index (χ1) is 10.3. The lowest BCUT2D eigenvalue weighted by atomic mass is 10.2. The number of carbonyl (C=O) groups excluding carboxylic acids is 1. The summed E-state index contributed by atoms with van der Waals surface area (Å²) < 4.78 is 17.2. The Morgan fingerprint density at radius 2 is 1.83 bits per heavy atom. The maximum atomic E-state index is 11.7. The minimum Gasteiger partial charge on any atom is -0.444 e. The second kappa shape index (κ2) is 7.36. The van der Waals surface area contributed by atoms with Gasteiger partial charge in [0.15, 0.2) is 8.32 Å². The van der Waals surface area contributed by atoms with Crippen LogP contribution in [0.5, 0.6) is 0 Å². The van der Waals surface area contributed by atoms with Gasteiger partial charge in [0.2, 0.25) is 0 Å². The molecule has 1 rings (SSSR count). The first-order valence-corrected chi connectivity index (χ1v) is 11.1. The zero-order valence-electron chi connectivity index (χ0n) is 15.9. The van der Waals surface area contributed by atoms with Gasteiger partial charge < -0.3 is 19.2 Å². The van der Waals surface area contributed by atoms with Crippen molar-refractivity contribution in [2.24, 2.45) is 0 Å². The van der Waals surface area contributed by atoms with Crippen molar-refractivity contribution < 1.29 is 18.7 Å². The van der Waals surface area contributed by atoms with Crippen LogP contribution in [0.15, 0.2) is 12.2 Å². The van der Waals surface area contributed by atoms with Crippen LogP contribution in [0.25, 0.3) is 0 Å². The summed E-state index contributed by atoms with van der Waals surface area (Å²) in [5.41, 5.74) is -0.497. The predicted molar refractivity (Wildman–Crippen MR) is 95.2 cm³/mol. The minimum atomic E-state index is -1.76. The quantitative estimate of drug-likeness (QED) is 0.622. The highest BCUT2D eigenvalue weighted by Crippen LogP contribution is 2.36. The summed E-state index contributed by atoms with van der Waals surface area (Å²) in [6, 6.07) is -0.158. The van der Waals surface area contributed by atoms with Crippen LogP contribution in [0.4, 0.5) is 4.79 Å². The summed E-state index contributed by atoms with van der Waals surface area (Å²) in [6.45, 7) is 17.6. The van der Waals surface area contributed by atoms with E-state index in [1.54, 1.807) is 0 Å². The zero-order chi connectivity index (χ0) is 17.9. The van der Waals surface area contributed by atoms with Gasteiger partial charge in [0.05, 0.1) is 25.4 Å². The lowest BCUT2D eigenvalue weighted by Crippen LogP contribution is -2.45. The van der Waals surface area contributed by atoms with Crippen LogP contribution < -0.4 is 5.32 Å². The average Bonchev–Trinajstić information content (AvgIpc) is 2.34. The SMILES string of the molecule is CC(C)(C)OC(=O)NC1C=CC(CO[Si](C)(C)C(C)(C)C)OC1. The molecule has 0 aromatic heterocycles. The Kier molecular flexibility index (Phi) is 6.46. The van der Waals surface area contributed by atoms with Crippen LogP contribution >= 0.6 is 0 Å². The highest BCUT2D eigenvalue weighted by molar-refractivity contribution is 6.74. The standard InChI is InChI=1S/C17H33NO4Si/c1-16(2,3)22-15(19)18-13-9-10-14(20-11-13)12-21-23(7,8)17(4,5)6/h9-10,13-14H,11-12H2,1-8H3,(H,18,19). The van der Waals surface area contributed by atoms with E-state index in [9.17, 15) is 4.79 Å². The summed E-state index contributed by atoms with van der Waals surface area (Å²) in [4.78, 5) is 11.7. The van der Waals surface area contributed by atoms with Crippen LogP contribution in [0.1, 0.15) is 41.5 Å². The molecule has 1 aliphatic heterocycles. The third-order valence-corrected chi connectivity index (χ3v) is 8.67. The summed E-state index contributed by atoms with van der Waals surface area (Å²) in [5, 5.41) is 2.97. The number of carbonyl (C=O) groups is 1. The number of rotatable bonds is 4. The predicted octanol–water partition coefficient (Wildman–Crippen LogP) is 3.86. The molecule has 134 valence electrons. The van der Waals surface area contributed by atoms with Crippen molar-refractivity contribution in [2.75, 3.05) is 13.2 Å². The molecule has 0 fully saturated rings. The van der Waals surface area contributed by atoms with Crippen LogP contribution in [-0.4, -0.2) is 45.4 Å². The summed E-state index contributed by atoms with van der Waals surface area (Å²) in [5.74, 6) is 0. The van der Waals surface area contributed by atoms with E-state index in [1.165, 1.54) is 0 Å². The molecule has 0 aromatic rings. The molecule has 0 radical (unpaired) electrons. The molecule has 2 unspecified atom stereocenters. The van der Waals surface area contributed by atoms with Crippen molar-refractivity contribution in [3.63, 3.8) is 0 Å². The average molecular weight is 344 g/mol.